The monoisotopic (exact) mass is 203 g/mol. The summed E-state index contributed by atoms with van der Waals surface area (Å²) in [6.07, 6.45) is 2.12. The molecular weight excluding hydrogens is 186 g/mol. The molecule has 0 bridgehead atoms. The Hall–Kier alpha value is -1.02. The zero-order chi connectivity index (χ0) is 10.3. The van der Waals surface area contributed by atoms with Crippen molar-refractivity contribution in [2.45, 2.75) is 19.6 Å². The smallest absolute Gasteiger partial charge is 0.0776 e. The average Bonchev–Trinajstić information content (AvgIpc) is 2.46. The lowest BCUT2D eigenvalue weighted by Crippen LogP contribution is -2.37. The van der Waals surface area contributed by atoms with Crippen molar-refractivity contribution in [1.29, 1.82) is 0 Å². The number of aromatic nitrogens is 1. The zero-order valence-corrected chi connectivity index (χ0v) is 10.3. The van der Waals surface area contributed by atoms with Gasteiger partial charge < -0.3 is 4.57 Å². The molecule has 0 saturated heterocycles. The van der Waals surface area contributed by atoms with Gasteiger partial charge in [0.05, 0.1) is 8.07 Å². The van der Waals surface area contributed by atoms with Gasteiger partial charge in [0.1, 0.15) is 0 Å². The van der Waals surface area contributed by atoms with Gasteiger partial charge in [0, 0.05) is 18.8 Å². The largest absolute Gasteiger partial charge is 0.351 e. The normalized spacial score (nSPS) is 12.3. The van der Waals surface area contributed by atoms with Crippen LogP contribution in [0.2, 0.25) is 19.6 Å². The Morgan fingerprint density at radius 1 is 1.07 bits per heavy atom. The molecule has 1 nitrogen and oxygen atoms in total. The number of benzene rings is 1. The summed E-state index contributed by atoms with van der Waals surface area (Å²) in [4.78, 5) is 0. The van der Waals surface area contributed by atoms with Crippen molar-refractivity contribution in [2.75, 3.05) is 0 Å². The van der Waals surface area contributed by atoms with E-state index in [-0.39, 0.29) is 0 Å². The molecule has 2 heteroatoms. The molecule has 0 aliphatic rings. The molecule has 2 aromatic rings. The molecule has 0 radical (unpaired) electrons. The van der Waals surface area contributed by atoms with E-state index in [1.165, 1.54) is 16.1 Å². The highest BCUT2D eigenvalue weighted by molar-refractivity contribution is 6.88. The van der Waals surface area contributed by atoms with Crippen molar-refractivity contribution in [3.8, 4) is 0 Å². The van der Waals surface area contributed by atoms with E-state index >= 15 is 0 Å². The highest BCUT2D eigenvalue weighted by Gasteiger charge is 2.16. The van der Waals surface area contributed by atoms with Gasteiger partial charge in [-0.05, 0) is 17.5 Å². The van der Waals surface area contributed by atoms with Gasteiger partial charge in [0.15, 0.2) is 0 Å². The van der Waals surface area contributed by atoms with Gasteiger partial charge >= 0.3 is 0 Å². The van der Waals surface area contributed by atoms with Crippen LogP contribution in [0.5, 0.6) is 0 Å². The lowest BCUT2D eigenvalue weighted by molar-refractivity contribution is 0.969. The van der Waals surface area contributed by atoms with Crippen molar-refractivity contribution in [1.82, 2.24) is 4.57 Å². The van der Waals surface area contributed by atoms with Crippen LogP contribution in [0, 0.1) is 0 Å². The Labute approximate surface area is 86.4 Å². The minimum atomic E-state index is -1.15. The molecule has 0 fully saturated rings. The van der Waals surface area contributed by atoms with Crippen LogP contribution < -0.4 is 5.19 Å². The van der Waals surface area contributed by atoms with Crippen molar-refractivity contribution in [3.63, 3.8) is 0 Å². The number of hydrogen-bond acceptors (Lipinski definition) is 0. The minimum absolute atomic E-state index is 1.15. The van der Waals surface area contributed by atoms with Crippen LogP contribution in [0.4, 0.5) is 0 Å². The molecule has 0 saturated carbocycles. The lowest BCUT2D eigenvalue weighted by Gasteiger charge is -2.16. The van der Waals surface area contributed by atoms with Crippen molar-refractivity contribution in [2.24, 2.45) is 7.05 Å². The van der Waals surface area contributed by atoms with Crippen LogP contribution in [0.1, 0.15) is 0 Å². The van der Waals surface area contributed by atoms with Crippen LogP contribution in [0.3, 0.4) is 0 Å². The quantitative estimate of drug-likeness (QED) is 0.628. The Morgan fingerprint density at radius 3 is 2.43 bits per heavy atom. The summed E-state index contributed by atoms with van der Waals surface area (Å²) in [7, 11) is 0.943. The molecule has 14 heavy (non-hydrogen) atoms. The summed E-state index contributed by atoms with van der Waals surface area (Å²) in [5, 5.41) is 2.91. The van der Waals surface area contributed by atoms with Crippen molar-refractivity contribution < 1.29 is 0 Å². The summed E-state index contributed by atoms with van der Waals surface area (Å²) in [6.45, 7) is 7.16. The molecule has 0 amide bonds. The summed E-state index contributed by atoms with van der Waals surface area (Å²) >= 11 is 0. The van der Waals surface area contributed by atoms with Crippen LogP contribution in [-0.4, -0.2) is 12.6 Å². The Balaban J connectivity index is 2.63. The second kappa shape index (κ2) is 2.99. The first-order valence-electron chi connectivity index (χ1n) is 5.04. The summed E-state index contributed by atoms with van der Waals surface area (Å²) in [6, 6.07) is 9.07. The van der Waals surface area contributed by atoms with Crippen molar-refractivity contribution in [3.05, 3.63) is 30.5 Å². The van der Waals surface area contributed by atoms with Gasteiger partial charge in [-0.3, -0.25) is 0 Å². The number of nitrogens with zero attached hydrogens (tertiary/aromatic N) is 1. The van der Waals surface area contributed by atoms with Crippen LogP contribution in [-0.2, 0) is 7.05 Å². The number of hydrogen-bond donors (Lipinski definition) is 0. The highest BCUT2D eigenvalue weighted by Crippen LogP contribution is 2.14. The maximum absolute atomic E-state index is 2.39. The van der Waals surface area contributed by atoms with Gasteiger partial charge in [-0.2, -0.15) is 0 Å². The molecule has 0 aliphatic carbocycles. The molecule has 1 heterocycles. The first-order valence-corrected chi connectivity index (χ1v) is 8.54. The maximum Gasteiger partial charge on any atom is 0.0776 e. The number of rotatable bonds is 1. The molecule has 0 atom stereocenters. The van der Waals surface area contributed by atoms with Gasteiger partial charge in [-0.15, -0.1) is 0 Å². The second-order valence-corrected chi connectivity index (χ2v) is 10.0. The van der Waals surface area contributed by atoms with E-state index in [0.29, 0.717) is 0 Å². The van der Waals surface area contributed by atoms with E-state index in [1.807, 2.05) is 0 Å². The van der Waals surface area contributed by atoms with E-state index in [1.54, 1.807) is 0 Å². The lowest BCUT2D eigenvalue weighted by atomic mass is 10.2. The van der Waals surface area contributed by atoms with Gasteiger partial charge in [0.25, 0.3) is 0 Å². The predicted molar refractivity (Wildman–Crippen MR) is 65.9 cm³/mol. The SMILES string of the molecule is Cn1ccc2cc([Si](C)(C)C)ccc21. The summed E-state index contributed by atoms with van der Waals surface area (Å²) in [5.74, 6) is 0. The van der Waals surface area contributed by atoms with E-state index in [0.717, 1.165) is 0 Å². The molecule has 0 unspecified atom stereocenters. The van der Waals surface area contributed by atoms with E-state index in [4.69, 9.17) is 0 Å². The number of fused-ring (bicyclic) bond motifs is 1. The minimum Gasteiger partial charge on any atom is -0.351 e. The van der Waals surface area contributed by atoms with Gasteiger partial charge in [-0.25, -0.2) is 0 Å². The summed E-state index contributed by atoms with van der Waals surface area (Å²) < 4.78 is 2.17. The second-order valence-electron chi connectivity index (χ2n) is 4.95. The predicted octanol–water partition coefficient (Wildman–Crippen LogP) is 2.72. The fraction of sp³-hybridized carbons (Fsp3) is 0.333. The zero-order valence-electron chi connectivity index (χ0n) is 9.33. The van der Waals surface area contributed by atoms with Crippen molar-refractivity contribution >= 4 is 24.2 Å². The van der Waals surface area contributed by atoms with Crippen LogP contribution >= 0.6 is 0 Å². The van der Waals surface area contributed by atoms with E-state index in [9.17, 15) is 0 Å². The topological polar surface area (TPSA) is 4.93 Å². The third kappa shape index (κ3) is 1.50. The van der Waals surface area contributed by atoms with Gasteiger partial charge in [0.2, 0.25) is 0 Å². The highest BCUT2D eigenvalue weighted by atomic mass is 28.3. The molecule has 0 N–H and O–H groups in total. The van der Waals surface area contributed by atoms with E-state index < -0.39 is 8.07 Å². The van der Waals surface area contributed by atoms with E-state index in [2.05, 4.69) is 61.7 Å². The molecular formula is C12H17NSi. The molecule has 2 rings (SSSR count). The van der Waals surface area contributed by atoms with Gasteiger partial charge in [-0.1, -0.05) is 37.0 Å². The fourth-order valence-electron chi connectivity index (χ4n) is 1.75. The standard InChI is InChI=1S/C12H17NSi/c1-13-8-7-10-9-11(14(2,3)4)5-6-12(10)13/h5-9H,1-4H3. The Morgan fingerprint density at radius 2 is 1.79 bits per heavy atom. The fourth-order valence-corrected chi connectivity index (χ4v) is 2.92. The molecule has 1 aromatic carbocycles. The third-order valence-corrected chi connectivity index (χ3v) is 4.79. The Kier molecular flexibility index (Phi) is 2.03. The van der Waals surface area contributed by atoms with Crippen LogP contribution in [0.25, 0.3) is 10.9 Å². The number of aryl methyl sites for hydroxylation is 1. The summed E-state index contributed by atoms with van der Waals surface area (Å²) in [5.41, 5.74) is 1.33. The average molecular weight is 203 g/mol. The molecule has 1 aromatic heterocycles. The first kappa shape index (κ1) is 9.53. The van der Waals surface area contributed by atoms with Crippen LogP contribution in [0.15, 0.2) is 30.5 Å². The maximum atomic E-state index is 2.39. The third-order valence-electron chi connectivity index (χ3n) is 2.75. The molecule has 0 spiro atoms. The molecule has 0 aliphatic heterocycles. The molecule has 74 valence electrons. The first-order chi connectivity index (χ1) is 6.48. The Bertz CT molecular complexity index is 463.